The Morgan fingerprint density at radius 3 is 2.47 bits per heavy atom. The lowest BCUT2D eigenvalue weighted by molar-refractivity contribution is -0.146. The normalized spacial score (nSPS) is 11.8. The van der Waals surface area contributed by atoms with Gasteiger partial charge in [0, 0.05) is 33.3 Å². The van der Waals surface area contributed by atoms with Gasteiger partial charge in [0.1, 0.15) is 24.0 Å². The summed E-state index contributed by atoms with van der Waals surface area (Å²) in [6.07, 6.45) is 2.82. The number of imidazole rings is 1. The summed E-state index contributed by atoms with van der Waals surface area (Å²) in [6, 6.07) is 13.9. The molecule has 232 valence electrons. The lowest BCUT2D eigenvalue weighted by Crippen LogP contribution is -2.44. The van der Waals surface area contributed by atoms with Gasteiger partial charge in [-0.25, -0.2) is 19.4 Å². The minimum Gasteiger partial charge on any atom is -0.467 e. The molecule has 0 aliphatic rings. The van der Waals surface area contributed by atoms with E-state index in [0.717, 1.165) is 11.1 Å². The zero-order valence-electron chi connectivity index (χ0n) is 25.5. The molecule has 12 heteroatoms. The van der Waals surface area contributed by atoms with Crippen LogP contribution in [0.25, 0.3) is 5.69 Å². The van der Waals surface area contributed by atoms with Crippen LogP contribution < -0.4 is 10.1 Å². The van der Waals surface area contributed by atoms with Crippen molar-refractivity contribution in [2.75, 3.05) is 34.6 Å². The molecule has 1 aromatic heterocycles. The van der Waals surface area contributed by atoms with Crippen molar-refractivity contribution >= 4 is 18.2 Å². The van der Waals surface area contributed by atoms with E-state index in [1.54, 1.807) is 37.9 Å². The van der Waals surface area contributed by atoms with Gasteiger partial charge in [-0.05, 0) is 50.5 Å². The molecule has 3 aromatic rings. The number of methoxy groups -OCH3 is 2. The van der Waals surface area contributed by atoms with Crippen LogP contribution in [0, 0.1) is 0 Å². The van der Waals surface area contributed by atoms with Gasteiger partial charge in [-0.2, -0.15) is 0 Å². The summed E-state index contributed by atoms with van der Waals surface area (Å²) < 4.78 is 28.3. The minimum atomic E-state index is -0.967. The molecule has 0 fully saturated rings. The van der Waals surface area contributed by atoms with Crippen LogP contribution in [0.2, 0.25) is 0 Å². The number of alkyl carbamates (subject to hydrolysis) is 1. The molecule has 0 aliphatic carbocycles. The number of rotatable bonds is 13. The van der Waals surface area contributed by atoms with E-state index in [9.17, 15) is 14.4 Å². The maximum Gasteiger partial charge on any atom is 0.410 e. The Hall–Kier alpha value is -4.58. The van der Waals surface area contributed by atoms with E-state index >= 15 is 0 Å². The fourth-order valence-electron chi connectivity index (χ4n) is 4.05. The first-order valence-electron chi connectivity index (χ1n) is 13.8. The van der Waals surface area contributed by atoms with Crippen LogP contribution in [-0.2, 0) is 43.2 Å². The van der Waals surface area contributed by atoms with Gasteiger partial charge in [-0.3, -0.25) is 4.90 Å². The van der Waals surface area contributed by atoms with Crippen molar-refractivity contribution in [2.45, 2.75) is 51.9 Å². The van der Waals surface area contributed by atoms with Gasteiger partial charge in [0.05, 0.1) is 24.8 Å². The second-order valence-corrected chi connectivity index (χ2v) is 10.7. The number of nitrogens with one attached hydrogen (secondary N) is 1. The number of hydrogen-bond acceptors (Lipinski definition) is 9. The molecule has 0 saturated carbocycles. The van der Waals surface area contributed by atoms with E-state index in [4.69, 9.17) is 23.7 Å². The zero-order valence-corrected chi connectivity index (χ0v) is 25.5. The molecular formula is C31H40N4O8. The maximum absolute atomic E-state index is 12.8. The van der Waals surface area contributed by atoms with Crippen molar-refractivity contribution in [1.82, 2.24) is 19.8 Å². The van der Waals surface area contributed by atoms with Crippen LogP contribution in [0.5, 0.6) is 5.75 Å². The maximum atomic E-state index is 12.8. The summed E-state index contributed by atoms with van der Waals surface area (Å²) in [6.45, 7) is 5.89. The Bertz CT molecular complexity index is 1350. The number of amides is 2. The highest BCUT2D eigenvalue weighted by Gasteiger charge is 2.30. The van der Waals surface area contributed by atoms with Crippen LogP contribution in [0.1, 0.15) is 37.6 Å². The molecule has 0 saturated heterocycles. The summed E-state index contributed by atoms with van der Waals surface area (Å²) >= 11 is 0. The Morgan fingerprint density at radius 2 is 1.79 bits per heavy atom. The molecule has 0 bridgehead atoms. The van der Waals surface area contributed by atoms with Crippen LogP contribution in [0.3, 0.4) is 0 Å². The Morgan fingerprint density at radius 1 is 1.05 bits per heavy atom. The van der Waals surface area contributed by atoms with Gasteiger partial charge in [-0.1, -0.05) is 36.4 Å². The average Bonchev–Trinajstić information content (AvgIpc) is 3.45. The van der Waals surface area contributed by atoms with Crippen molar-refractivity contribution < 1.29 is 38.1 Å². The molecule has 3 rings (SSSR count). The summed E-state index contributed by atoms with van der Waals surface area (Å²) in [5.41, 5.74) is 2.39. The van der Waals surface area contributed by atoms with E-state index in [0.29, 0.717) is 30.1 Å². The number of ether oxygens (including phenoxy) is 5. The predicted molar refractivity (Wildman–Crippen MR) is 158 cm³/mol. The lowest BCUT2D eigenvalue weighted by atomic mass is 10.1. The summed E-state index contributed by atoms with van der Waals surface area (Å²) in [4.78, 5) is 43.2. The molecule has 1 atom stereocenters. The fourth-order valence-corrected chi connectivity index (χ4v) is 4.05. The molecule has 0 radical (unpaired) electrons. The van der Waals surface area contributed by atoms with Gasteiger partial charge < -0.3 is 33.6 Å². The molecule has 2 amide bonds. The van der Waals surface area contributed by atoms with Crippen molar-refractivity contribution in [3.63, 3.8) is 0 Å². The Kier molecular flexibility index (Phi) is 11.9. The molecule has 2 aromatic carbocycles. The lowest BCUT2D eigenvalue weighted by Gasteiger charge is -2.25. The number of hydrogen-bond donors (Lipinski definition) is 1. The topological polar surface area (TPSA) is 130 Å². The van der Waals surface area contributed by atoms with E-state index < -0.39 is 29.8 Å². The van der Waals surface area contributed by atoms with Crippen molar-refractivity contribution in [1.29, 1.82) is 0 Å². The first-order valence-corrected chi connectivity index (χ1v) is 13.8. The molecule has 43 heavy (non-hydrogen) atoms. The van der Waals surface area contributed by atoms with Crippen LogP contribution in [0.15, 0.2) is 61.1 Å². The standard InChI is InChI=1S/C31H40N4O8/c1-31(2,3)43-29(37)32-15-14-22-12-13-27(42-21-39-5)25(16-22)35-18-24(33-20-35)17-26(28(36)40-6)34(4)30(38)41-19-23-10-8-7-9-11-23/h7-13,16,18,20,26H,14-15,17,19,21H2,1-6H3,(H,32,37)/t26-/m0/s1. The zero-order chi connectivity index (χ0) is 31.4. The molecule has 12 nitrogen and oxygen atoms in total. The number of aromatic nitrogens is 2. The third-order valence-electron chi connectivity index (χ3n) is 6.19. The van der Waals surface area contributed by atoms with Gasteiger partial charge >= 0.3 is 18.2 Å². The highest BCUT2D eigenvalue weighted by molar-refractivity contribution is 5.81. The monoisotopic (exact) mass is 596 g/mol. The van der Waals surface area contributed by atoms with Crippen LogP contribution in [-0.4, -0.2) is 78.9 Å². The highest BCUT2D eigenvalue weighted by Crippen LogP contribution is 2.26. The third kappa shape index (κ3) is 10.3. The minimum absolute atomic E-state index is 0.0361. The van der Waals surface area contributed by atoms with Crippen LogP contribution in [0.4, 0.5) is 9.59 Å². The SMILES string of the molecule is COCOc1ccc(CCNC(=O)OC(C)(C)C)cc1-n1cnc(C[C@@H](C(=O)OC)N(C)C(=O)OCc2ccccc2)c1. The van der Waals surface area contributed by atoms with E-state index in [-0.39, 0.29) is 19.8 Å². The summed E-state index contributed by atoms with van der Waals surface area (Å²) in [5, 5.41) is 2.76. The molecule has 1 heterocycles. The predicted octanol–water partition coefficient (Wildman–Crippen LogP) is 4.27. The smallest absolute Gasteiger partial charge is 0.410 e. The number of benzene rings is 2. The van der Waals surface area contributed by atoms with Crippen molar-refractivity contribution in [2.24, 2.45) is 0 Å². The molecular weight excluding hydrogens is 556 g/mol. The second-order valence-electron chi connectivity index (χ2n) is 10.7. The molecule has 0 aliphatic heterocycles. The first kappa shape index (κ1) is 32.9. The molecule has 0 unspecified atom stereocenters. The number of nitrogens with zero attached hydrogens (tertiary/aromatic N) is 3. The van der Waals surface area contributed by atoms with Crippen LogP contribution >= 0.6 is 0 Å². The van der Waals surface area contributed by atoms with E-state index in [2.05, 4.69) is 10.3 Å². The fraction of sp³-hybridized carbons (Fsp3) is 0.419. The summed E-state index contributed by atoms with van der Waals surface area (Å²) in [5.74, 6) is -0.0573. The van der Waals surface area contributed by atoms with Crippen molar-refractivity contribution in [3.05, 3.63) is 77.9 Å². The van der Waals surface area contributed by atoms with E-state index in [1.165, 1.54) is 26.2 Å². The number of likely N-dealkylation sites (N-methyl/N-ethyl adjacent to an activating group) is 1. The van der Waals surface area contributed by atoms with Gasteiger partial charge in [-0.15, -0.1) is 0 Å². The number of carbonyl (C=O) groups is 3. The molecule has 1 N–H and O–H groups in total. The number of carbonyl (C=O) groups excluding carboxylic acids is 3. The van der Waals surface area contributed by atoms with E-state index in [1.807, 2.05) is 48.5 Å². The Balaban J connectivity index is 1.74. The Labute approximate surface area is 251 Å². The molecule has 0 spiro atoms. The largest absolute Gasteiger partial charge is 0.467 e. The van der Waals surface area contributed by atoms with Crippen molar-refractivity contribution in [3.8, 4) is 11.4 Å². The second kappa shape index (κ2) is 15.6. The van der Waals surface area contributed by atoms with Gasteiger partial charge in [0.15, 0.2) is 6.79 Å². The average molecular weight is 597 g/mol. The quantitative estimate of drug-likeness (QED) is 0.175. The van der Waals surface area contributed by atoms with Gasteiger partial charge in [0.25, 0.3) is 0 Å². The van der Waals surface area contributed by atoms with Gasteiger partial charge in [0.2, 0.25) is 0 Å². The summed E-state index contributed by atoms with van der Waals surface area (Å²) in [7, 11) is 4.27. The third-order valence-corrected chi connectivity index (χ3v) is 6.19. The number of esters is 1. The highest BCUT2D eigenvalue weighted by atomic mass is 16.7. The first-order chi connectivity index (χ1) is 20.5.